The highest BCUT2D eigenvalue weighted by Gasteiger charge is 2.38. The average Bonchev–Trinajstić information content (AvgIpc) is 3.29. The fourth-order valence-electron chi connectivity index (χ4n) is 3.96. The number of halogens is 1. The third-order valence-electron chi connectivity index (χ3n) is 5.57. The maximum Gasteiger partial charge on any atom is 0.253 e. The van der Waals surface area contributed by atoms with Gasteiger partial charge < -0.3 is 16.0 Å². The van der Waals surface area contributed by atoms with Gasteiger partial charge in [0.15, 0.2) is 0 Å². The van der Waals surface area contributed by atoms with Crippen LogP contribution in [-0.4, -0.2) is 45.0 Å². The Bertz CT molecular complexity index is 1080. The molecule has 2 aliphatic heterocycles. The molecule has 9 heteroatoms. The number of hydrogen-bond donors (Lipinski definition) is 2. The maximum atomic E-state index is 13.0. The zero-order chi connectivity index (χ0) is 19.8. The largest absolute Gasteiger partial charge is 0.383 e. The summed E-state index contributed by atoms with van der Waals surface area (Å²) in [5.41, 5.74) is 10.2. The van der Waals surface area contributed by atoms with Crippen molar-refractivity contribution in [1.29, 1.82) is 0 Å². The molecule has 1 aromatic heterocycles. The fourth-order valence-corrected chi connectivity index (χ4v) is 4.42. The standard InChI is InChI=1S/C21H20N6OS.ClH/c22-19-16-3-1-2-4-17(16)23-21(24-19)9-11-27(12-10-21)20(28)15-7-5-14(6-8-15)18-13-29-26-25-18;/h1-8,13,23H,9-12H2,(H2,22,24);1H. The number of amidine groups is 1. The van der Waals surface area contributed by atoms with Crippen molar-refractivity contribution >= 4 is 41.4 Å². The summed E-state index contributed by atoms with van der Waals surface area (Å²) in [5.74, 6) is 0.599. The number of piperidine rings is 1. The van der Waals surface area contributed by atoms with Crippen molar-refractivity contribution in [3.8, 4) is 11.3 Å². The second-order valence-corrected chi connectivity index (χ2v) is 7.97. The van der Waals surface area contributed by atoms with E-state index in [1.165, 1.54) is 11.5 Å². The number of carbonyl (C=O) groups excluding carboxylic acids is 1. The summed E-state index contributed by atoms with van der Waals surface area (Å²) in [4.78, 5) is 19.6. The van der Waals surface area contributed by atoms with Crippen LogP contribution in [0.5, 0.6) is 0 Å². The summed E-state index contributed by atoms with van der Waals surface area (Å²) in [5, 5.41) is 9.50. The van der Waals surface area contributed by atoms with Crippen molar-refractivity contribution in [3.05, 3.63) is 65.0 Å². The van der Waals surface area contributed by atoms with Crippen LogP contribution >= 0.6 is 23.9 Å². The first kappa shape index (κ1) is 20.3. The number of nitrogens with zero attached hydrogens (tertiary/aromatic N) is 4. The van der Waals surface area contributed by atoms with Crippen molar-refractivity contribution in [2.45, 2.75) is 18.5 Å². The van der Waals surface area contributed by atoms with Gasteiger partial charge in [-0.1, -0.05) is 28.8 Å². The number of likely N-dealkylation sites (tertiary alicyclic amines) is 1. The van der Waals surface area contributed by atoms with E-state index in [0.29, 0.717) is 24.5 Å². The van der Waals surface area contributed by atoms with Gasteiger partial charge in [0.05, 0.1) is 0 Å². The van der Waals surface area contributed by atoms with Gasteiger partial charge in [-0.2, -0.15) is 0 Å². The molecule has 0 aliphatic carbocycles. The molecular formula is C21H21ClN6OS. The Hall–Kier alpha value is -2.97. The van der Waals surface area contributed by atoms with Gasteiger partial charge >= 0.3 is 0 Å². The van der Waals surface area contributed by atoms with Crippen LogP contribution in [-0.2, 0) is 0 Å². The summed E-state index contributed by atoms with van der Waals surface area (Å²) in [7, 11) is 0. The molecule has 2 aromatic carbocycles. The molecule has 0 radical (unpaired) electrons. The summed E-state index contributed by atoms with van der Waals surface area (Å²) in [6.07, 6.45) is 1.44. The quantitative estimate of drug-likeness (QED) is 0.636. The average molecular weight is 441 g/mol. The lowest BCUT2D eigenvalue weighted by molar-refractivity contribution is 0.0685. The van der Waals surface area contributed by atoms with Gasteiger partial charge in [0.25, 0.3) is 5.91 Å². The summed E-state index contributed by atoms with van der Waals surface area (Å²) < 4.78 is 3.88. The van der Waals surface area contributed by atoms with Gasteiger partial charge in [0.2, 0.25) is 0 Å². The number of benzene rings is 2. The lowest BCUT2D eigenvalue weighted by Crippen LogP contribution is -2.52. The van der Waals surface area contributed by atoms with E-state index in [4.69, 9.17) is 10.7 Å². The number of fused-ring (bicyclic) bond motifs is 1. The topological polar surface area (TPSA) is 96.5 Å². The van der Waals surface area contributed by atoms with Gasteiger partial charge in [-0.15, -0.1) is 17.5 Å². The SMILES string of the molecule is Cl.NC1=NC2(CCN(C(=O)c3ccc(-c4csnn4)cc3)CC2)Nc2ccccc21. The molecular weight excluding hydrogens is 420 g/mol. The van der Waals surface area contributed by atoms with Crippen LogP contribution in [0.2, 0.25) is 0 Å². The first-order chi connectivity index (χ1) is 14.1. The summed E-state index contributed by atoms with van der Waals surface area (Å²) in [6.45, 7) is 1.26. The van der Waals surface area contributed by atoms with Crippen LogP contribution in [0.3, 0.4) is 0 Å². The molecule has 2 aliphatic rings. The van der Waals surface area contributed by atoms with Crippen LogP contribution in [0, 0.1) is 0 Å². The van der Waals surface area contributed by atoms with E-state index in [9.17, 15) is 4.79 Å². The van der Waals surface area contributed by atoms with Gasteiger partial charge in [-0.3, -0.25) is 4.79 Å². The minimum absolute atomic E-state index is 0. The van der Waals surface area contributed by atoms with E-state index in [1.807, 2.05) is 58.8 Å². The van der Waals surface area contributed by atoms with Gasteiger partial charge in [0.1, 0.15) is 17.2 Å². The molecule has 1 saturated heterocycles. The van der Waals surface area contributed by atoms with Gasteiger partial charge in [0, 0.05) is 53.7 Å². The van der Waals surface area contributed by atoms with E-state index in [-0.39, 0.29) is 18.3 Å². The molecule has 3 heterocycles. The zero-order valence-electron chi connectivity index (χ0n) is 16.1. The van der Waals surface area contributed by atoms with E-state index in [2.05, 4.69) is 14.9 Å². The molecule has 5 rings (SSSR count). The second-order valence-electron chi connectivity index (χ2n) is 7.36. The number of aliphatic imine (C=N–C) groups is 1. The van der Waals surface area contributed by atoms with Crippen LogP contribution in [0.25, 0.3) is 11.3 Å². The van der Waals surface area contributed by atoms with Crippen LogP contribution in [0.1, 0.15) is 28.8 Å². The van der Waals surface area contributed by atoms with E-state index >= 15 is 0 Å². The highest BCUT2D eigenvalue weighted by molar-refractivity contribution is 7.03. The molecule has 1 spiro atoms. The molecule has 1 amide bonds. The Kier molecular flexibility index (Phi) is 5.44. The third-order valence-corrected chi connectivity index (χ3v) is 6.07. The Morgan fingerprint density at radius 1 is 1.10 bits per heavy atom. The van der Waals surface area contributed by atoms with Crippen LogP contribution in [0.15, 0.2) is 58.9 Å². The highest BCUT2D eigenvalue weighted by atomic mass is 35.5. The normalized spacial score (nSPS) is 16.8. The molecule has 154 valence electrons. The molecule has 0 saturated carbocycles. The number of nitrogens with two attached hydrogens (primary N) is 1. The number of anilines is 1. The molecule has 0 bridgehead atoms. The Labute approximate surface area is 184 Å². The van der Waals surface area contributed by atoms with Gasteiger partial charge in [-0.05, 0) is 35.8 Å². The lowest BCUT2D eigenvalue weighted by Gasteiger charge is -2.42. The molecule has 30 heavy (non-hydrogen) atoms. The zero-order valence-corrected chi connectivity index (χ0v) is 17.7. The molecule has 1 fully saturated rings. The number of hydrogen-bond acceptors (Lipinski definition) is 7. The number of amides is 1. The predicted molar refractivity (Wildman–Crippen MR) is 121 cm³/mol. The number of carbonyl (C=O) groups is 1. The van der Waals surface area contributed by atoms with Crippen molar-refractivity contribution in [2.75, 3.05) is 18.4 Å². The monoisotopic (exact) mass is 440 g/mol. The van der Waals surface area contributed by atoms with Crippen molar-refractivity contribution in [2.24, 2.45) is 10.7 Å². The third kappa shape index (κ3) is 3.64. The van der Waals surface area contributed by atoms with E-state index in [0.717, 1.165) is 35.3 Å². The first-order valence-corrected chi connectivity index (χ1v) is 10.4. The van der Waals surface area contributed by atoms with Crippen molar-refractivity contribution in [3.63, 3.8) is 0 Å². The minimum Gasteiger partial charge on any atom is -0.383 e. The van der Waals surface area contributed by atoms with Gasteiger partial charge in [-0.25, -0.2) is 4.99 Å². The molecule has 3 aromatic rings. The van der Waals surface area contributed by atoms with Crippen LogP contribution < -0.4 is 11.1 Å². The number of aromatic nitrogens is 2. The summed E-state index contributed by atoms with van der Waals surface area (Å²) >= 11 is 1.31. The number of nitrogens with one attached hydrogen (secondary N) is 1. The Balaban J connectivity index is 0.00000218. The highest BCUT2D eigenvalue weighted by Crippen LogP contribution is 2.34. The fraction of sp³-hybridized carbons (Fsp3) is 0.238. The number of rotatable bonds is 2. The predicted octanol–water partition coefficient (Wildman–Crippen LogP) is 3.39. The Morgan fingerprint density at radius 2 is 1.83 bits per heavy atom. The van der Waals surface area contributed by atoms with Crippen LogP contribution in [0.4, 0.5) is 5.69 Å². The first-order valence-electron chi connectivity index (χ1n) is 9.53. The Morgan fingerprint density at radius 3 is 2.53 bits per heavy atom. The molecule has 0 unspecified atom stereocenters. The van der Waals surface area contributed by atoms with E-state index < -0.39 is 5.66 Å². The molecule has 7 nitrogen and oxygen atoms in total. The minimum atomic E-state index is -0.434. The molecule has 3 N–H and O–H groups in total. The molecule has 0 atom stereocenters. The smallest absolute Gasteiger partial charge is 0.253 e. The van der Waals surface area contributed by atoms with Crippen molar-refractivity contribution < 1.29 is 4.79 Å². The number of para-hydroxylation sites is 1. The lowest BCUT2D eigenvalue weighted by atomic mass is 9.93. The van der Waals surface area contributed by atoms with Crippen molar-refractivity contribution in [1.82, 2.24) is 14.5 Å². The maximum absolute atomic E-state index is 13.0. The second kappa shape index (κ2) is 8.04. The summed E-state index contributed by atoms with van der Waals surface area (Å²) in [6, 6.07) is 15.5. The van der Waals surface area contributed by atoms with E-state index in [1.54, 1.807) is 0 Å².